The quantitative estimate of drug-likeness (QED) is 0.787. The summed E-state index contributed by atoms with van der Waals surface area (Å²) < 4.78 is 38.2. The summed E-state index contributed by atoms with van der Waals surface area (Å²) in [5, 5.41) is 0.308. The summed E-state index contributed by atoms with van der Waals surface area (Å²) in [7, 11) is 0. The number of rotatable bonds is 4. The second-order valence-electron chi connectivity index (χ2n) is 4.35. The largest absolute Gasteiger partial charge is 0.342 e. The number of hydrogen-bond donors (Lipinski definition) is 0. The summed E-state index contributed by atoms with van der Waals surface area (Å²) in [4.78, 5) is 0. The maximum absolute atomic E-state index is 13.8. The Balaban J connectivity index is 2.28. The van der Waals surface area contributed by atoms with E-state index in [9.17, 15) is 8.78 Å². The number of benzene rings is 1. The molecular weight excluding hydrogens is 306 g/mol. The van der Waals surface area contributed by atoms with Crippen molar-refractivity contribution in [1.29, 1.82) is 0 Å². The molecule has 5 heteroatoms. The van der Waals surface area contributed by atoms with Crippen LogP contribution in [0.15, 0.2) is 18.2 Å². The smallest absolute Gasteiger partial charge is 0.208 e. The minimum absolute atomic E-state index is 0.0444. The molecule has 1 heterocycles. The van der Waals surface area contributed by atoms with Crippen molar-refractivity contribution in [2.24, 2.45) is 0 Å². The zero-order valence-corrected chi connectivity index (χ0v) is 11.7. The standard InChI is InChI=1S/C13H15BrF2O2/c1-2-3-10-7-17-13(8-14,18-10)11-5-4-9(15)6-12(11)16/h4-6,10H,2-3,7-8H2,1H3. The van der Waals surface area contributed by atoms with E-state index in [4.69, 9.17) is 9.47 Å². The fourth-order valence-corrected chi connectivity index (χ4v) is 2.71. The molecule has 1 aliphatic heterocycles. The second kappa shape index (κ2) is 5.63. The highest BCUT2D eigenvalue weighted by Gasteiger charge is 2.43. The number of halogens is 3. The van der Waals surface area contributed by atoms with Gasteiger partial charge in [-0.2, -0.15) is 0 Å². The van der Waals surface area contributed by atoms with E-state index in [2.05, 4.69) is 22.9 Å². The van der Waals surface area contributed by atoms with Crippen LogP contribution >= 0.6 is 15.9 Å². The van der Waals surface area contributed by atoms with E-state index < -0.39 is 17.4 Å². The van der Waals surface area contributed by atoms with Gasteiger partial charge in [-0.3, -0.25) is 0 Å². The lowest BCUT2D eigenvalue weighted by Crippen LogP contribution is -2.31. The van der Waals surface area contributed by atoms with Crippen LogP contribution in [0.25, 0.3) is 0 Å². The summed E-state index contributed by atoms with van der Waals surface area (Å²) in [5.41, 5.74) is 0.236. The molecule has 1 aliphatic rings. The molecule has 1 fully saturated rings. The fourth-order valence-electron chi connectivity index (χ4n) is 2.11. The summed E-state index contributed by atoms with van der Waals surface area (Å²) >= 11 is 3.29. The Morgan fingerprint density at radius 1 is 1.44 bits per heavy atom. The SMILES string of the molecule is CCCC1COC(CBr)(c2ccc(F)cc2F)O1. The average molecular weight is 321 g/mol. The highest BCUT2D eigenvalue weighted by atomic mass is 79.9. The van der Waals surface area contributed by atoms with E-state index in [0.717, 1.165) is 18.9 Å². The molecule has 0 saturated carbocycles. The van der Waals surface area contributed by atoms with E-state index in [1.54, 1.807) is 0 Å². The molecule has 2 nitrogen and oxygen atoms in total. The molecule has 0 spiro atoms. The van der Waals surface area contributed by atoms with Gasteiger partial charge in [0.05, 0.1) is 18.0 Å². The Hall–Kier alpha value is -0.520. The topological polar surface area (TPSA) is 18.5 Å². The third kappa shape index (κ3) is 2.58. The van der Waals surface area contributed by atoms with Gasteiger partial charge in [0.25, 0.3) is 0 Å². The van der Waals surface area contributed by atoms with Crippen LogP contribution < -0.4 is 0 Å². The van der Waals surface area contributed by atoms with Crippen LogP contribution in [0.1, 0.15) is 25.3 Å². The lowest BCUT2D eigenvalue weighted by molar-refractivity contribution is -0.159. The monoisotopic (exact) mass is 320 g/mol. The number of hydrogen-bond acceptors (Lipinski definition) is 2. The van der Waals surface area contributed by atoms with Gasteiger partial charge in [0.15, 0.2) is 0 Å². The van der Waals surface area contributed by atoms with Crippen LogP contribution in [0.5, 0.6) is 0 Å². The molecule has 0 radical (unpaired) electrons. The molecule has 0 bridgehead atoms. The van der Waals surface area contributed by atoms with Gasteiger partial charge in [-0.05, 0) is 18.6 Å². The van der Waals surface area contributed by atoms with E-state index in [-0.39, 0.29) is 11.7 Å². The Morgan fingerprint density at radius 2 is 2.22 bits per heavy atom. The Bertz CT molecular complexity index is 427. The van der Waals surface area contributed by atoms with Crippen LogP contribution in [-0.4, -0.2) is 18.0 Å². The normalized spacial score (nSPS) is 27.7. The predicted octanol–water partition coefficient (Wildman–Crippen LogP) is 3.73. The van der Waals surface area contributed by atoms with E-state index in [1.165, 1.54) is 12.1 Å². The van der Waals surface area contributed by atoms with Crippen LogP contribution in [0.3, 0.4) is 0 Å². The maximum atomic E-state index is 13.8. The van der Waals surface area contributed by atoms with E-state index in [0.29, 0.717) is 11.9 Å². The first-order chi connectivity index (χ1) is 8.61. The first kappa shape index (κ1) is 13.9. The molecule has 100 valence electrons. The molecule has 0 aromatic heterocycles. The van der Waals surface area contributed by atoms with Gasteiger partial charge in [0.2, 0.25) is 5.79 Å². The van der Waals surface area contributed by atoms with Crippen molar-refractivity contribution in [2.45, 2.75) is 31.7 Å². The molecule has 2 unspecified atom stereocenters. The van der Waals surface area contributed by atoms with E-state index >= 15 is 0 Å². The molecule has 1 aromatic rings. The number of alkyl halides is 1. The fraction of sp³-hybridized carbons (Fsp3) is 0.538. The van der Waals surface area contributed by atoms with E-state index in [1.807, 2.05) is 0 Å². The predicted molar refractivity (Wildman–Crippen MR) is 67.6 cm³/mol. The van der Waals surface area contributed by atoms with Crippen LogP contribution in [0, 0.1) is 11.6 Å². The molecule has 0 amide bonds. The summed E-state index contributed by atoms with van der Waals surface area (Å²) in [6.07, 6.45) is 1.78. The summed E-state index contributed by atoms with van der Waals surface area (Å²) in [5.74, 6) is -2.40. The summed E-state index contributed by atoms with van der Waals surface area (Å²) in [6, 6.07) is 3.43. The highest BCUT2D eigenvalue weighted by molar-refractivity contribution is 9.09. The van der Waals surface area contributed by atoms with Gasteiger partial charge in [0.1, 0.15) is 11.6 Å². The molecule has 18 heavy (non-hydrogen) atoms. The Labute approximate surface area is 113 Å². The second-order valence-corrected chi connectivity index (χ2v) is 4.91. The van der Waals surface area contributed by atoms with Gasteiger partial charge in [-0.1, -0.05) is 29.3 Å². The molecular formula is C13H15BrF2O2. The molecule has 0 aliphatic carbocycles. The van der Waals surface area contributed by atoms with Crippen molar-refractivity contribution in [3.05, 3.63) is 35.4 Å². The first-order valence-corrected chi connectivity index (χ1v) is 7.06. The Morgan fingerprint density at radius 3 is 2.83 bits per heavy atom. The zero-order chi connectivity index (χ0) is 13.2. The molecule has 1 aromatic carbocycles. The lowest BCUT2D eigenvalue weighted by Gasteiger charge is -2.26. The average Bonchev–Trinajstić information content (AvgIpc) is 2.74. The molecule has 2 atom stereocenters. The minimum Gasteiger partial charge on any atom is -0.342 e. The van der Waals surface area contributed by atoms with Gasteiger partial charge >= 0.3 is 0 Å². The van der Waals surface area contributed by atoms with Crippen LogP contribution in [0.4, 0.5) is 8.78 Å². The third-order valence-electron chi connectivity index (χ3n) is 2.99. The highest BCUT2D eigenvalue weighted by Crippen LogP contribution is 2.38. The summed E-state index contributed by atoms with van der Waals surface area (Å²) in [6.45, 7) is 2.48. The molecule has 2 rings (SSSR count). The minimum atomic E-state index is -1.14. The first-order valence-electron chi connectivity index (χ1n) is 5.94. The van der Waals surface area contributed by atoms with Crippen molar-refractivity contribution in [3.63, 3.8) is 0 Å². The van der Waals surface area contributed by atoms with Crippen LogP contribution in [-0.2, 0) is 15.3 Å². The number of ether oxygens (including phenoxy) is 2. The molecule has 1 saturated heterocycles. The lowest BCUT2D eigenvalue weighted by atomic mass is 10.1. The van der Waals surface area contributed by atoms with Crippen molar-refractivity contribution >= 4 is 15.9 Å². The van der Waals surface area contributed by atoms with Gasteiger partial charge in [0, 0.05) is 11.6 Å². The van der Waals surface area contributed by atoms with Crippen molar-refractivity contribution in [1.82, 2.24) is 0 Å². The zero-order valence-electron chi connectivity index (χ0n) is 10.1. The maximum Gasteiger partial charge on any atom is 0.208 e. The van der Waals surface area contributed by atoms with Crippen LogP contribution in [0.2, 0.25) is 0 Å². The van der Waals surface area contributed by atoms with Crippen molar-refractivity contribution in [3.8, 4) is 0 Å². The molecule has 0 N–H and O–H groups in total. The van der Waals surface area contributed by atoms with Gasteiger partial charge in [-0.15, -0.1) is 0 Å². The Kier molecular flexibility index (Phi) is 4.35. The van der Waals surface area contributed by atoms with Gasteiger partial charge < -0.3 is 9.47 Å². The van der Waals surface area contributed by atoms with Crippen molar-refractivity contribution in [2.75, 3.05) is 11.9 Å². The third-order valence-corrected chi connectivity index (χ3v) is 3.73. The van der Waals surface area contributed by atoms with Crippen molar-refractivity contribution < 1.29 is 18.3 Å². The van der Waals surface area contributed by atoms with Gasteiger partial charge in [-0.25, -0.2) is 8.78 Å².